The van der Waals surface area contributed by atoms with E-state index < -0.39 is 120 Å². The Labute approximate surface area is 410 Å². The smallest absolute Gasteiger partial charge is 0.407 e. The molecule has 2 aromatic carbocycles. The number of hydrogen-bond donors (Lipinski definition) is 7. The maximum atomic E-state index is 14.5. The molecule has 2 aromatic rings. The highest BCUT2D eigenvalue weighted by Crippen LogP contribution is 2.70. The summed E-state index contributed by atoms with van der Waals surface area (Å²) in [7, 11) is 0. The lowest BCUT2D eigenvalue weighted by molar-refractivity contribution is -0.201. The van der Waals surface area contributed by atoms with Gasteiger partial charge in [0.15, 0.2) is 23.5 Å². The van der Waals surface area contributed by atoms with Crippen LogP contribution in [0.2, 0.25) is 0 Å². The topological polar surface area (TPSA) is 256 Å². The zero-order chi connectivity index (χ0) is 50.4. The number of nitrogens with one attached hydrogen (secondary N) is 4. The largest absolute Gasteiger partial charge is 0.481 e. The first-order valence-corrected chi connectivity index (χ1v) is 24.5. The summed E-state index contributed by atoms with van der Waals surface area (Å²) in [6.07, 6.45) is 1.90. The minimum absolute atomic E-state index is 0.00564. The highest BCUT2D eigenvalue weighted by molar-refractivity contribution is 9.09. The number of Topliss-reactive ketones (excluding diaryl/α,β-unsaturated/α-hetero) is 1. The first-order chi connectivity index (χ1) is 33.1. The summed E-state index contributed by atoms with van der Waals surface area (Å²) in [6, 6.07) is 11.7. The number of alkyl carbamates (subject to hydrolysis) is 1. The summed E-state index contributed by atoms with van der Waals surface area (Å²) < 4.78 is 47.7. The number of anilines is 1. The normalized spacial score (nSPS) is 31.2. The van der Waals surface area contributed by atoms with E-state index in [9.17, 15) is 52.6 Å². The van der Waals surface area contributed by atoms with Gasteiger partial charge in [-0.3, -0.25) is 28.8 Å². The number of benzene rings is 2. The Morgan fingerprint density at radius 1 is 0.986 bits per heavy atom. The molecular formula is C50H57BrF2N4O13. The summed E-state index contributed by atoms with van der Waals surface area (Å²) >= 11 is 2.96. The number of carbonyl (C=O) groups is 7. The average Bonchev–Trinajstić information content (AvgIpc) is 3.81. The molecule has 5 aliphatic carbocycles. The van der Waals surface area contributed by atoms with Crippen molar-refractivity contribution in [3.8, 4) is 0 Å². The molecule has 0 bridgehead atoms. The van der Waals surface area contributed by atoms with Crippen molar-refractivity contribution in [3.05, 3.63) is 89.0 Å². The Hall–Kier alpha value is -5.41. The van der Waals surface area contributed by atoms with Crippen molar-refractivity contribution in [2.75, 3.05) is 23.8 Å². The van der Waals surface area contributed by atoms with E-state index >= 15 is 0 Å². The van der Waals surface area contributed by atoms with Crippen LogP contribution in [0.15, 0.2) is 72.3 Å². The van der Waals surface area contributed by atoms with Crippen molar-refractivity contribution in [1.82, 2.24) is 16.0 Å². The Morgan fingerprint density at radius 3 is 2.34 bits per heavy atom. The molecular weight excluding hydrogens is 982 g/mol. The summed E-state index contributed by atoms with van der Waals surface area (Å²) in [5.74, 6) is -6.94. The second-order valence-electron chi connectivity index (χ2n) is 20.1. The molecule has 1 heterocycles. The van der Waals surface area contributed by atoms with Gasteiger partial charge in [0, 0.05) is 47.3 Å². The van der Waals surface area contributed by atoms with Gasteiger partial charge in [0.1, 0.15) is 19.3 Å². The van der Waals surface area contributed by atoms with Crippen LogP contribution < -0.4 is 21.3 Å². The highest BCUT2D eigenvalue weighted by Gasteiger charge is 2.76. The van der Waals surface area contributed by atoms with Gasteiger partial charge >= 0.3 is 12.1 Å². The molecule has 376 valence electrons. The van der Waals surface area contributed by atoms with Crippen molar-refractivity contribution in [2.45, 2.75) is 120 Å². The van der Waals surface area contributed by atoms with E-state index in [2.05, 4.69) is 44.1 Å². The number of aliphatic carboxylic acids is 1. The van der Waals surface area contributed by atoms with Crippen LogP contribution in [-0.2, 0) is 56.0 Å². The molecule has 6 aliphatic rings. The molecule has 5 fully saturated rings. The number of carboxylic acid groups (broad SMARTS) is 1. The van der Waals surface area contributed by atoms with E-state index in [0.717, 1.165) is 12.0 Å². The van der Waals surface area contributed by atoms with Gasteiger partial charge in [-0.25, -0.2) is 13.6 Å². The van der Waals surface area contributed by atoms with Gasteiger partial charge in [0.2, 0.25) is 17.7 Å². The predicted octanol–water partition coefficient (Wildman–Crippen LogP) is 4.73. The molecule has 1 saturated heterocycles. The van der Waals surface area contributed by atoms with Gasteiger partial charge in [-0.05, 0) is 85.8 Å². The number of ketones is 2. The van der Waals surface area contributed by atoms with Gasteiger partial charge in [0.05, 0.1) is 29.6 Å². The van der Waals surface area contributed by atoms with Crippen molar-refractivity contribution in [3.63, 3.8) is 0 Å². The van der Waals surface area contributed by atoms with Crippen molar-refractivity contribution in [1.29, 1.82) is 0 Å². The first kappa shape index (κ1) is 51.0. The number of fused-ring (bicyclic) bond motifs is 7. The van der Waals surface area contributed by atoms with Crippen LogP contribution in [0, 0.1) is 28.6 Å². The maximum Gasteiger partial charge on any atom is 0.407 e. The molecule has 20 heteroatoms. The van der Waals surface area contributed by atoms with Gasteiger partial charge in [-0.15, -0.1) is 0 Å². The number of carboxylic acids is 1. The number of carbonyl (C=O) groups excluding carboxylic acids is 6. The Bertz CT molecular complexity index is 2480. The van der Waals surface area contributed by atoms with Crippen LogP contribution in [0.1, 0.15) is 88.2 Å². The number of aliphatic hydroxyl groups excluding tert-OH is 2. The number of ether oxygens (including phenoxy) is 3. The monoisotopic (exact) mass is 1040 g/mol. The minimum Gasteiger partial charge on any atom is -0.481 e. The lowest BCUT2D eigenvalue weighted by atomic mass is 9.46. The number of allylic oxidation sites excluding steroid dienone is 4. The van der Waals surface area contributed by atoms with E-state index in [0.29, 0.717) is 29.5 Å². The summed E-state index contributed by atoms with van der Waals surface area (Å²) in [5.41, 5.74) is -1.35. The Balaban J connectivity index is 0.877. The zero-order valence-corrected chi connectivity index (χ0v) is 40.2. The van der Waals surface area contributed by atoms with E-state index in [-0.39, 0.29) is 60.4 Å². The highest BCUT2D eigenvalue weighted by atomic mass is 79.9. The molecule has 7 N–H and O–H groups in total. The third kappa shape index (κ3) is 9.81. The fourth-order valence-corrected chi connectivity index (χ4v) is 12.7. The zero-order valence-electron chi connectivity index (χ0n) is 38.6. The minimum atomic E-state index is -3.02. The molecule has 0 spiro atoms. The summed E-state index contributed by atoms with van der Waals surface area (Å²) in [6.45, 7) is 2.56. The first-order valence-electron chi connectivity index (χ1n) is 23.4. The van der Waals surface area contributed by atoms with Crippen molar-refractivity contribution >= 4 is 63.0 Å². The molecule has 4 amide bonds. The molecule has 10 atom stereocenters. The third-order valence-electron chi connectivity index (χ3n) is 15.6. The molecule has 0 unspecified atom stereocenters. The number of rotatable bonds is 17. The van der Waals surface area contributed by atoms with Crippen molar-refractivity contribution < 1.29 is 71.9 Å². The lowest BCUT2D eigenvalue weighted by Gasteiger charge is -2.59. The van der Waals surface area contributed by atoms with Crippen LogP contribution in [0.25, 0.3) is 0 Å². The van der Waals surface area contributed by atoms with E-state index in [1.54, 1.807) is 48.6 Å². The fraction of sp³-hybridized carbons (Fsp3) is 0.540. The van der Waals surface area contributed by atoms with E-state index in [4.69, 9.17) is 19.3 Å². The Kier molecular flexibility index (Phi) is 14.3. The lowest BCUT2D eigenvalue weighted by Crippen LogP contribution is -2.63. The standard InChI is InChI=1S/C50H57BrF2N4O13/c1-46-16-15-32(59)17-30(46)9-12-33-34-18-38-50(37(61)23-58,47(34,2)20-36(60)42(33)46)70-44(69-38)29-7-3-27(4-8-29)19-48(25-49(52,53)26-48)57-45(67)68-24-28-5-10-31(11-6-28)55-43(66)35(13-14-41(64)65)56-40(63)22-54-39(62)21-51/h3-8,10-11,15-17,33-36,38,42,44,58,60H,9,12-14,18-26H2,1-2H3,(H,54,62)(H,55,66)(H,56,63)(H,57,67)(H,64,65)/t33-,34-,35-,36-,38+,42+,44+,46-,47-,50+/m0/s1. The van der Waals surface area contributed by atoms with Gasteiger partial charge in [-0.1, -0.05) is 77.8 Å². The number of aliphatic hydroxyl groups is 2. The Morgan fingerprint density at radius 2 is 1.69 bits per heavy atom. The quantitative estimate of drug-likeness (QED) is 0.106. The summed E-state index contributed by atoms with van der Waals surface area (Å²) in [5, 5.41) is 41.4. The van der Waals surface area contributed by atoms with Gasteiger partial charge < -0.3 is 50.8 Å². The molecule has 70 heavy (non-hydrogen) atoms. The van der Waals surface area contributed by atoms with Crippen LogP contribution >= 0.6 is 15.9 Å². The average molecular weight is 1040 g/mol. The van der Waals surface area contributed by atoms with Crippen LogP contribution in [-0.4, -0.2) is 110 Å². The molecule has 17 nitrogen and oxygen atoms in total. The molecule has 1 aliphatic heterocycles. The fourth-order valence-electron chi connectivity index (χ4n) is 12.5. The van der Waals surface area contributed by atoms with Crippen molar-refractivity contribution in [2.24, 2.45) is 28.6 Å². The maximum absolute atomic E-state index is 14.5. The second-order valence-corrected chi connectivity index (χ2v) is 20.7. The number of hydrogen-bond acceptors (Lipinski definition) is 12. The van der Waals surface area contributed by atoms with E-state index in [1.165, 1.54) is 12.1 Å². The van der Waals surface area contributed by atoms with Crippen LogP contribution in [0.4, 0.5) is 19.3 Å². The molecule has 8 rings (SSSR count). The molecule has 4 saturated carbocycles. The van der Waals surface area contributed by atoms with Crippen LogP contribution in [0.3, 0.4) is 0 Å². The SMILES string of the molecule is C[C@]12C=CC(=O)C=C1CC[C@@H]1[C@@H]2[C@@H](O)C[C@@]2(C)[C@H]1C[C@H]1O[C@@H](c3ccc(CC4(NC(=O)OCc5ccc(NC(=O)[C@H](CCC(=O)O)NC(=O)CNC(=O)CBr)cc5)CC(F)(F)C4)cc3)O[C@]12C(=O)CO. The number of halogens is 3. The molecule has 0 radical (unpaired) electrons. The number of amides is 4. The van der Waals surface area contributed by atoms with Crippen LogP contribution in [0.5, 0.6) is 0 Å². The molecule has 0 aromatic heterocycles. The van der Waals surface area contributed by atoms with Gasteiger partial charge in [0.25, 0.3) is 5.92 Å². The number of alkyl halides is 3. The van der Waals surface area contributed by atoms with Gasteiger partial charge in [-0.2, -0.15) is 0 Å². The predicted molar refractivity (Wildman–Crippen MR) is 248 cm³/mol. The third-order valence-corrected chi connectivity index (χ3v) is 16.1. The van der Waals surface area contributed by atoms with E-state index in [1.807, 2.05) is 13.0 Å². The summed E-state index contributed by atoms with van der Waals surface area (Å²) in [4.78, 5) is 87.4. The second kappa shape index (κ2) is 19.7.